The first kappa shape index (κ1) is 19.2. The predicted octanol–water partition coefficient (Wildman–Crippen LogP) is 4.68. The summed E-state index contributed by atoms with van der Waals surface area (Å²) in [5.74, 6) is 0.871. The maximum absolute atomic E-state index is 5.73. The Morgan fingerprint density at radius 3 is 2.55 bits per heavy atom. The minimum Gasteiger partial charge on any atom is -0.492 e. The third-order valence-electron chi connectivity index (χ3n) is 4.38. The second-order valence-electron chi connectivity index (χ2n) is 6.86. The minimum absolute atomic E-state index is 0.676. The molecular weight excluding hydrogens is 382 g/mol. The van der Waals surface area contributed by atoms with Gasteiger partial charge in [0.1, 0.15) is 12.4 Å². The predicted molar refractivity (Wildman–Crippen MR) is 118 cm³/mol. The second-order valence-corrected chi connectivity index (χ2v) is 7.71. The Morgan fingerprint density at radius 2 is 1.86 bits per heavy atom. The van der Waals surface area contributed by atoms with Gasteiger partial charge < -0.3 is 19.5 Å². The van der Waals surface area contributed by atoms with Crippen LogP contribution < -0.4 is 10.1 Å². The highest BCUT2D eigenvalue weighted by Gasteiger charge is 2.06. The summed E-state index contributed by atoms with van der Waals surface area (Å²) >= 11 is 1.59. The van der Waals surface area contributed by atoms with E-state index in [1.54, 1.807) is 23.9 Å². The molecule has 6 nitrogen and oxygen atoms in total. The van der Waals surface area contributed by atoms with Crippen molar-refractivity contribution in [1.82, 2.24) is 19.4 Å². The summed E-state index contributed by atoms with van der Waals surface area (Å²) < 4.78 is 7.71. The van der Waals surface area contributed by atoms with Gasteiger partial charge in [-0.15, -0.1) is 11.3 Å². The van der Waals surface area contributed by atoms with Crippen molar-refractivity contribution < 1.29 is 4.74 Å². The van der Waals surface area contributed by atoms with Crippen molar-refractivity contribution in [1.29, 1.82) is 0 Å². The van der Waals surface area contributed by atoms with Gasteiger partial charge in [0, 0.05) is 41.3 Å². The van der Waals surface area contributed by atoms with Gasteiger partial charge in [0.2, 0.25) is 0 Å². The van der Waals surface area contributed by atoms with E-state index in [2.05, 4.69) is 44.8 Å². The summed E-state index contributed by atoms with van der Waals surface area (Å²) in [5, 5.41) is 6.28. The lowest BCUT2D eigenvalue weighted by molar-refractivity contribution is 0.261. The van der Waals surface area contributed by atoms with Gasteiger partial charge in [-0.3, -0.25) is 0 Å². The Balaban J connectivity index is 1.38. The Bertz CT molecular complexity index is 1020. The molecule has 0 radical (unpaired) electrons. The molecule has 0 spiro atoms. The third kappa shape index (κ3) is 5.01. The zero-order chi connectivity index (χ0) is 20.1. The van der Waals surface area contributed by atoms with Crippen LogP contribution in [0.15, 0.2) is 72.6 Å². The van der Waals surface area contributed by atoms with Crippen LogP contribution in [-0.4, -0.2) is 46.7 Å². The number of benzene rings is 2. The van der Waals surface area contributed by atoms with Crippen LogP contribution in [-0.2, 0) is 0 Å². The highest BCUT2D eigenvalue weighted by atomic mass is 32.1. The Labute approximate surface area is 174 Å². The van der Waals surface area contributed by atoms with E-state index in [1.807, 2.05) is 49.1 Å². The topological polar surface area (TPSA) is 55.2 Å². The number of hydrogen-bond donors (Lipinski definition) is 1. The quantitative estimate of drug-likeness (QED) is 0.461. The maximum atomic E-state index is 5.73. The number of likely N-dealkylation sites (N-methyl/N-ethyl adjacent to an activating group) is 1. The fourth-order valence-corrected chi connectivity index (χ4v) is 3.52. The van der Waals surface area contributed by atoms with Crippen molar-refractivity contribution in [3.05, 3.63) is 72.6 Å². The van der Waals surface area contributed by atoms with Crippen LogP contribution >= 0.6 is 11.3 Å². The molecule has 0 saturated carbocycles. The first-order chi connectivity index (χ1) is 14.2. The Hall–Kier alpha value is -3.16. The van der Waals surface area contributed by atoms with E-state index in [4.69, 9.17) is 9.72 Å². The molecule has 0 amide bonds. The normalized spacial score (nSPS) is 11.0. The molecule has 2 aromatic heterocycles. The van der Waals surface area contributed by atoms with Crippen molar-refractivity contribution in [3.8, 4) is 22.7 Å². The number of rotatable bonds is 8. The van der Waals surface area contributed by atoms with Gasteiger partial charge in [0.25, 0.3) is 0 Å². The summed E-state index contributed by atoms with van der Waals surface area (Å²) in [6, 6.07) is 16.2. The van der Waals surface area contributed by atoms with E-state index in [-0.39, 0.29) is 0 Å². The number of nitrogens with one attached hydrogen (secondary N) is 1. The van der Waals surface area contributed by atoms with Crippen molar-refractivity contribution in [2.75, 3.05) is 32.6 Å². The van der Waals surface area contributed by atoms with E-state index < -0.39 is 0 Å². The number of anilines is 2. The molecule has 0 atom stereocenters. The maximum Gasteiger partial charge on any atom is 0.187 e. The second kappa shape index (κ2) is 8.89. The van der Waals surface area contributed by atoms with Crippen LogP contribution in [0.5, 0.6) is 5.75 Å². The van der Waals surface area contributed by atoms with E-state index >= 15 is 0 Å². The molecule has 2 aromatic carbocycles. The van der Waals surface area contributed by atoms with Gasteiger partial charge in [0.05, 0.1) is 12.0 Å². The fraction of sp³-hybridized carbons (Fsp3) is 0.182. The number of hydrogen-bond acceptors (Lipinski definition) is 6. The first-order valence-electron chi connectivity index (χ1n) is 9.36. The summed E-state index contributed by atoms with van der Waals surface area (Å²) in [6.45, 7) is 1.57. The number of imidazole rings is 1. The van der Waals surface area contributed by atoms with Crippen LogP contribution in [0.2, 0.25) is 0 Å². The average Bonchev–Trinajstić information content (AvgIpc) is 3.42. The van der Waals surface area contributed by atoms with Crippen molar-refractivity contribution >= 4 is 22.2 Å². The molecule has 0 saturated heterocycles. The summed E-state index contributed by atoms with van der Waals surface area (Å²) in [4.78, 5) is 10.9. The van der Waals surface area contributed by atoms with E-state index in [0.717, 1.165) is 40.1 Å². The van der Waals surface area contributed by atoms with Gasteiger partial charge >= 0.3 is 0 Å². The van der Waals surface area contributed by atoms with Crippen LogP contribution in [0.4, 0.5) is 10.8 Å². The van der Waals surface area contributed by atoms with Crippen LogP contribution in [0.1, 0.15) is 0 Å². The SMILES string of the molecule is CN(C)CCOc1ccc(Nc2nc(-c3ccc(-n4ccnc4)cc3)cs2)cc1. The molecule has 2 heterocycles. The standard InChI is InChI=1S/C22H23N5OS/c1-26(2)13-14-28-20-9-5-18(6-10-20)24-22-25-21(15-29-22)17-3-7-19(8-4-17)27-12-11-23-16-27/h3-12,15-16H,13-14H2,1-2H3,(H,24,25). The van der Waals surface area contributed by atoms with Gasteiger partial charge in [-0.1, -0.05) is 12.1 Å². The lowest BCUT2D eigenvalue weighted by Crippen LogP contribution is -2.19. The number of ether oxygens (including phenoxy) is 1. The van der Waals surface area contributed by atoms with Gasteiger partial charge in [0.15, 0.2) is 5.13 Å². The molecule has 4 rings (SSSR count). The van der Waals surface area contributed by atoms with Crippen molar-refractivity contribution in [2.24, 2.45) is 0 Å². The highest BCUT2D eigenvalue weighted by Crippen LogP contribution is 2.28. The molecule has 29 heavy (non-hydrogen) atoms. The van der Waals surface area contributed by atoms with Gasteiger partial charge in [-0.25, -0.2) is 9.97 Å². The van der Waals surface area contributed by atoms with Crippen LogP contribution in [0, 0.1) is 0 Å². The lowest BCUT2D eigenvalue weighted by Gasteiger charge is -2.11. The summed E-state index contributed by atoms with van der Waals surface area (Å²) in [7, 11) is 4.07. The first-order valence-corrected chi connectivity index (χ1v) is 10.2. The number of thiazole rings is 1. The van der Waals surface area contributed by atoms with Crippen LogP contribution in [0.3, 0.4) is 0 Å². The summed E-state index contributed by atoms with van der Waals surface area (Å²) in [6.07, 6.45) is 5.49. The van der Waals surface area contributed by atoms with E-state index in [0.29, 0.717) is 6.61 Å². The Kier molecular flexibility index (Phi) is 5.88. The molecule has 4 aromatic rings. The van der Waals surface area contributed by atoms with Gasteiger partial charge in [-0.05, 0) is 50.5 Å². The number of nitrogens with zero attached hydrogens (tertiary/aromatic N) is 4. The molecular formula is C22H23N5OS. The fourth-order valence-electron chi connectivity index (χ4n) is 2.78. The molecule has 148 valence electrons. The van der Waals surface area contributed by atoms with Crippen molar-refractivity contribution in [3.63, 3.8) is 0 Å². The minimum atomic E-state index is 0.676. The molecule has 0 aliphatic carbocycles. The highest BCUT2D eigenvalue weighted by molar-refractivity contribution is 7.14. The molecule has 0 aliphatic heterocycles. The largest absolute Gasteiger partial charge is 0.492 e. The molecule has 1 N–H and O–H groups in total. The van der Waals surface area contributed by atoms with Crippen LogP contribution in [0.25, 0.3) is 16.9 Å². The lowest BCUT2D eigenvalue weighted by atomic mass is 10.1. The summed E-state index contributed by atoms with van der Waals surface area (Å²) in [5.41, 5.74) is 4.11. The Morgan fingerprint density at radius 1 is 1.07 bits per heavy atom. The molecule has 7 heteroatoms. The monoisotopic (exact) mass is 405 g/mol. The van der Waals surface area contributed by atoms with Crippen molar-refractivity contribution in [2.45, 2.75) is 0 Å². The molecule has 0 unspecified atom stereocenters. The molecule has 0 bridgehead atoms. The molecule has 0 fully saturated rings. The van der Waals surface area contributed by atoms with Gasteiger partial charge in [-0.2, -0.15) is 0 Å². The number of aromatic nitrogens is 3. The van der Waals surface area contributed by atoms with E-state index in [1.165, 1.54) is 0 Å². The molecule has 0 aliphatic rings. The third-order valence-corrected chi connectivity index (χ3v) is 5.14. The van der Waals surface area contributed by atoms with E-state index in [9.17, 15) is 0 Å². The average molecular weight is 406 g/mol. The zero-order valence-corrected chi connectivity index (χ0v) is 17.3. The zero-order valence-electron chi connectivity index (χ0n) is 16.4. The smallest absolute Gasteiger partial charge is 0.187 e.